The molecule has 0 bridgehead atoms. The van der Waals surface area contributed by atoms with Crippen molar-refractivity contribution < 1.29 is 14.3 Å². The number of carbonyl (C=O) groups is 2. The second kappa shape index (κ2) is 9.94. The van der Waals surface area contributed by atoms with Crippen molar-refractivity contribution >= 4 is 23.4 Å². The average Bonchev–Trinajstić information content (AvgIpc) is 2.73. The molecule has 2 heterocycles. The Hall–Kier alpha value is -0.890. The van der Waals surface area contributed by atoms with Gasteiger partial charge in [0, 0.05) is 32.2 Å². The Bertz CT molecular complexity index is 586. The van der Waals surface area contributed by atoms with Gasteiger partial charge in [-0.1, -0.05) is 25.7 Å². The summed E-state index contributed by atoms with van der Waals surface area (Å²) in [6.07, 6.45) is 11.9. The normalized spacial score (nSPS) is 35.6. The van der Waals surface area contributed by atoms with E-state index in [1.165, 1.54) is 51.4 Å². The number of nitrogens with zero attached hydrogens (tertiary/aromatic N) is 2. The molecule has 4 aliphatic rings. The van der Waals surface area contributed by atoms with Gasteiger partial charge in [0.2, 0.25) is 5.91 Å². The van der Waals surface area contributed by atoms with Gasteiger partial charge >= 0.3 is 0 Å². The summed E-state index contributed by atoms with van der Waals surface area (Å²) in [5.74, 6) is 0.473. The predicted molar refractivity (Wildman–Crippen MR) is 111 cm³/mol. The van der Waals surface area contributed by atoms with E-state index in [1.807, 2.05) is 4.90 Å². The highest BCUT2D eigenvalue weighted by molar-refractivity contribution is 6.31. The van der Waals surface area contributed by atoms with Crippen LogP contribution in [0.2, 0.25) is 0 Å². The van der Waals surface area contributed by atoms with E-state index in [4.69, 9.17) is 16.3 Å². The van der Waals surface area contributed by atoms with E-state index in [0.29, 0.717) is 37.8 Å². The summed E-state index contributed by atoms with van der Waals surface area (Å²) in [5.41, 5.74) is 5.43. The average molecular weight is 427 g/mol. The van der Waals surface area contributed by atoms with Gasteiger partial charge < -0.3 is 9.64 Å². The maximum atomic E-state index is 12.8. The fraction of sp³-hybridized carbons (Fsp3) is 0.905. The fourth-order valence-electron chi connectivity index (χ4n) is 5.42. The van der Waals surface area contributed by atoms with Crippen molar-refractivity contribution in [3.05, 3.63) is 0 Å². The molecule has 0 aromatic carbocycles. The molecule has 2 saturated heterocycles. The van der Waals surface area contributed by atoms with Crippen molar-refractivity contribution in [2.75, 3.05) is 32.7 Å². The molecule has 0 aromatic heterocycles. The Morgan fingerprint density at radius 1 is 1.00 bits per heavy atom. The molecular weight excluding hydrogens is 392 g/mol. The zero-order valence-corrected chi connectivity index (χ0v) is 18.0. The summed E-state index contributed by atoms with van der Waals surface area (Å²) >= 11 is 6.27. The van der Waals surface area contributed by atoms with Crippen LogP contribution >= 0.6 is 11.6 Å². The first kappa shape index (κ1) is 21.3. The summed E-state index contributed by atoms with van der Waals surface area (Å²) < 4.78 is 6.43. The Kier molecular flexibility index (Phi) is 7.32. The number of hydrazine groups is 1. The van der Waals surface area contributed by atoms with Gasteiger partial charge in [0.05, 0.1) is 18.8 Å². The molecule has 29 heavy (non-hydrogen) atoms. The lowest BCUT2D eigenvalue weighted by Gasteiger charge is -2.43. The highest BCUT2D eigenvalue weighted by Crippen LogP contribution is 2.31. The van der Waals surface area contributed by atoms with Crippen LogP contribution in [0.4, 0.5) is 0 Å². The van der Waals surface area contributed by atoms with Crippen LogP contribution in [-0.2, 0) is 14.3 Å². The van der Waals surface area contributed by atoms with Gasteiger partial charge in [0.1, 0.15) is 5.38 Å². The van der Waals surface area contributed by atoms with E-state index in [-0.39, 0.29) is 17.9 Å². The minimum atomic E-state index is -0.619. The molecule has 2 aliphatic carbocycles. The fourth-order valence-corrected chi connectivity index (χ4v) is 5.73. The Balaban J connectivity index is 1.24. The van der Waals surface area contributed by atoms with Crippen LogP contribution in [-0.4, -0.2) is 78.0 Å². The summed E-state index contributed by atoms with van der Waals surface area (Å²) in [5, 5.41) is -0.619. The number of hydrogen-bond acceptors (Lipinski definition) is 5. The molecule has 0 aromatic rings. The number of halogens is 1. The van der Waals surface area contributed by atoms with E-state index < -0.39 is 5.38 Å². The molecule has 4 fully saturated rings. The number of amides is 2. The standard InChI is InChI=1S/C21H35ClN4O3/c22-20-18(12-23-24-21(20)28)25-9-10-26(19(27)14-25)13-15-5-4-8-17(11-15)29-16-6-2-1-3-7-16/h15-18,20,23H,1-14H2,(H,24,28). The molecule has 8 heteroatoms. The zero-order chi connectivity index (χ0) is 20.2. The Labute approximate surface area is 178 Å². The third-order valence-corrected chi connectivity index (χ3v) is 7.57. The molecule has 4 unspecified atom stereocenters. The van der Waals surface area contributed by atoms with Gasteiger partial charge in [0.25, 0.3) is 5.91 Å². The number of rotatable bonds is 5. The van der Waals surface area contributed by atoms with Gasteiger partial charge in [-0.15, -0.1) is 11.6 Å². The topological polar surface area (TPSA) is 73.9 Å². The quantitative estimate of drug-likeness (QED) is 0.654. The van der Waals surface area contributed by atoms with Crippen LogP contribution in [0.5, 0.6) is 0 Å². The lowest BCUT2D eigenvalue weighted by atomic mass is 9.86. The van der Waals surface area contributed by atoms with Gasteiger partial charge in [-0.2, -0.15) is 0 Å². The number of nitrogens with one attached hydrogen (secondary N) is 2. The second-order valence-electron chi connectivity index (χ2n) is 9.20. The van der Waals surface area contributed by atoms with Gasteiger partial charge in [0.15, 0.2) is 0 Å². The highest BCUT2D eigenvalue weighted by Gasteiger charge is 2.38. The van der Waals surface area contributed by atoms with Crippen LogP contribution in [0.1, 0.15) is 57.8 Å². The van der Waals surface area contributed by atoms with Crippen molar-refractivity contribution in [1.82, 2.24) is 20.7 Å². The monoisotopic (exact) mass is 426 g/mol. The number of alkyl halides is 1. The Morgan fingerprint density at radius 3 is 2.59 bits per heavy atom. The first-order valence-corrected chi connectivity index (χ1v) is 11.9. The van der Waals surface area contributed by atoms with Gasteiger partial charge in [-0.05, 0) is 38.0 Å². The van der Waals surface area contributed by atoms with Crippen LogP contribution in [0.3, 0.4) is 0 Å². The van der Waals surface area contributed by atoms with Gasteiger partial charge in [-0.25, -0.2) is 5.43 Å². The maximum Gasteiger partial charge on any atom is 0.253 e. The number of ether oxygens (including phenoxy) is 1. The van der Waals surface area contributed by atoms with Crippen LogP contribution < -0.4 is 10.9 Å². The van der Waals surface area contributed by atoms with Crippen molar-refractivity contribution in [1.29, 1.82) is 0 Å². The number of piperazine rings is 1. The summed E-state index contributed by atoms with van der Waals surface area (Å²) in [6, 6.07) is -0.139. The first-order valence-electron chi connectivity index (χ1n) is 11.4. The molecule has 2 N–H and O–H groups in total. The van der Waals surface area contributed by atoms with E-state index >= 15 is 0 Å². The lowest BCUT2D eigenvalue weighted by Crippen LogP contribution is -2.65. The molecule has 2 saturated carbocycles. The molecular formula is C21H35ClN4O3. The molecule has 4 atom stereocenters. The largest absolute Gasteiger partial charge is 0.375 e. The molecule has 164 valence electrons. The minimum absolute atomic E-state index is 0.139. The van der Waals surface area contributed by atoms with E-state index in [0.717, 1.165) is 19.5 Å². The SMILES string of the molecule is O=C1NNCC(N2CCN(CC3CCCC(OC4CCCCC4)C3)C(=O)C2)C1Cl. The molecule has 4 rings (SSSR count). The minimum Gasteiger partial charge on any atom is -0.375 e. The first-order chi connectivity index (χ1) is 14.1. The third-order valence-electron chi connectivity index (χ3n) is 7.08. The predicted octanol–water partition coefficient (Wildman–Crippen LogP) is 1.65. The second-order valence-corrected chi connectivity index (χ2v) is 9.67. The summed E-state index contributed by atoms with van der Waals surface area (Å²) in [6.45, 7) is 3.23. The van der Waals surface area contributed by atoms with Crippen molar-refractivity contribution in [2.24, 2.45) is 5.92 Å². The molecule has 7 nitrogen and oxygen atoms in total. The van der Waals surface area contributed by atoms with Crippen molar-refractivity contribution in [3.63, 3.8) is 0 Å². The lowest BCUT2D eigenvalue weighted by molar-refractivity contribution is -0.140. The van der Waals surface area contributed by atoms with Crippen molar-refractivity contribution in [3.8, 4) is 0 Å². The van der Waals surface area contributed by atoms with Crippen LogP contribution in [0.25, 0.3) is 0 Å². The molecule has 0 radical (unpaired) electrons. The highest BCUT2D eigenvalue weighted by atomic mass is 35.5. The van der Waals surface area contributed by atoms with Crippen LogP contribution in [0.15, 0.2) is 0 Å². The molecule has 2 aliphatic heterocycles. The molecule has 2 amide bonds. The van der Waals surface area contributed by atoms with E-state index in [1.54, 1.807) is 0 Å². The van der Waals surface area contributed by atoms with Gasteiger partial charge in [-0.3, -0.25) is 19.9 Å². The van der Waals surface area contributed by atoms with Crippen LogP contribution in [0, 0.1) is 5.92 Å². The summed E-state index contributed by atoms with van der Waals surface area (Å²) in [4.78, 5) is 28.7. The van der Waals surface area contributed by atoms with Crippen molar-refractivity contribution in [2.45, 2.75) is 81.4 Å². The van der Waals surface area contributed by atoms with E-state index in [2.05, 4.69) is 15.8 Å². The number of hydrogen-bond donors (Lipinski definition) is 2. The number of carbonyl (C=O) groups excluding carboxylic acids is 2. The van der Waals surface area contributed by atoms with E-state index in [9.17, 15) is 9.59 Å². The smallest absolute Gasteiger partial charge is 0.253 e. The third kappa shape index (κ3) is 5.43. The molecule has 0 spiro atoms. The maximum absolute atomic E-state index is 12.8. The Morgan fingerprint density at radius 2 is 1.79 bits per heavy atom. The zero-order valence-electron chi connectivity index (χ0n) is 17.3. The summed E-state index contributed by atoms with van der Waals surface area (Å²) in [7, 11) is 0.